The summed E-state index contributed by atoms with van der Waals surface area (Å²) >= 11 is 0. The van der Waals surface area contributed by atoms with Crippen molar-refractivity contribution in [2.24, 2.45) is 16.5 Å². The maximum Gasteiger partial charge on any atom is 0.192 e. The van der Waals surface area contributed by atoms with Crippen molar-refractivity contribution in [1.82, 2.24) is 5.32 Å². The number of hydrogen-bond acceptors (Lipinski definition) is 2. The lowest BCUT2D eigenvalue weighted by molar-refractivity contribution is 1.04. The zero-order valence-electron chi connectivity index (χ0n) is 5.09. The van der Waals surface area contributed by atoms with Crippen LogP contribution in [0.15, 0.2) is 30.2 Å². The first-order valence-corrected chi connectivity index (χ1v) is 2.33. The topological polar surface area (TPSA) is 76.4 Å². The van der Waals surface area contributed by atoms with Crippen molar-refractivity contribution in [3.05, 3.63) is 25.2 Å². The summed E-state index contributed by atoms with van der Waals surface area (Å²) in [6.07, 6.45) is 1.44. The summed E-state index contributed by atoms with van der Waals surface area (Å²) in [4.78, 5) is 3.56. The zero-order valence-corrected chi connectivity index (χ0v) is 5.09. The van der Waals surface area contributed by atoms with Gasteiger partial charge in [0.1, 0.15) is 5.82 Å². The molecule has 9 heavy (non-hydrogen) atoms. The van der Waals surface area contributed by atoms with Crippen LogP contribution in [0.4, 0.5) is 0 Å². The molecule has 0 aromatic heterocycles. The highest BCUT2D eigenvalue weighted by atomic mass is 15.1. The number of hydrogen-bond donors (Lipinski definition) is 3. The standard InChI is InChI=1S/C5H10N4/c1-3-8-4(2)9-5(6)7/h3,8H,1-2H2,(H4,6,7,9). The Morgan fingerprint density at radius 3 is 2.44 bits per heavy atom. The van der Waals surface area contributed by atoms with Crippen LogP contribution in [-0.4, -0.2) is 5.96 Å². The molecular weight excluding hydrogens is 116 g/mol. The van der Waals surface area contributed by atoms with Crippen LogP contribution >= 0.6 is 0 Å². The lowest BCUT2D eigenvalue weighted by Crippen LogP contribution is -2.23. The van der Waals surface area contributed by atoms with Crippen LogP contribution < -0.4 is 16.8 Å². The van der Waals surface area contributed by atoms with Gasteiger partial charge in [-0.2, -0.15) is 4.99 Å². The number of guanidine groups is 1. The molecule has 0 fully saturated rings. The molecule has 0 saturated heterocycles. The Labute approximate surface area is 53.9 Å². The molecule has 0 atom stereocenters. The van der Waals surface area contributed by atoms with Crippen LogP contribution in [0.5, 0.6) is 0 Å². The molecule has 0 aromatic rings. The summed E-state index contributed by atoms with van der Waals surface area (Å²) in [5.74, 6) is 0.361. The molecule has 0 aliphatic heterocycles. The van der Waals surface area contributed by atoms with Gasteiger partial charge in [0.25, 0.3) is 0 Å². The van der Waals surface area contributed by atoms with E-state index in [1.54, 1.807) is 0 Å². The fourth-order valence-corrected chi connectivity index (χ4v) is 0.306. The summed E-state index contributed by atoms with van der Waals surface area (Å²) in [5.41, 5.74) is 10.0. The van der Waals surface area contributed by atoms with Gasteiger partial charge in [0.15, 0.2) is 5.96 Å². The fourth-order valence-electron chi connectivity index (χ4n) is 0.306. The van der Waals surface area contributed by atoms with E-state index in [1.165, 1.54) is 6.20 Å². The van der Waals surface area contributed by atoms with Gasteiger partial charge < -0.3 is 16.8 Å². The lowest BCUT2D eigenvalue weighted by Gasteiger charge is -1.96. The summed E-state index contributed by atoms with van der Waals surface area (Å²) in [7, 11) is 0. The minimum atomic E-state index is -0.0191. The highest BCUT2D eigenvalue weighted by molar-refractivity contribution is 5.76. The van der Waals surface area contributed by atoms with E-state index in [0.717, 1.165) is 0 Å². The summed E-state index contributed by atoms with van der Waals surface area (Å²) in [5, 5.41) is 2.60. The predicted octanol–water partition coefficient (Wildman–Crippen LogP) is -0.536. The Morgan fingerprint density at radius 2 is 2.11 bits per heavy atom. The molecular formula is C5H10N4. The van der Waals surface area contributed by atoms with Gasteiger partial charge in [-0.25, -0.2) is 0 Å². The maximum atomic E-state index is 5.02. The van der Waals surface area contributed by atoms with Crippen molar-refractivity contribution < 1.29 is 0 Å². The van der Waals surface area contributed by atoms with E-state index in [9.17, 15) is 0 Å². The van der Waals surface area contributed by atoms with Crippen LogP contribution in [0.3, 0.4) is 0 Å². The third-order valence-corrected chi connectivity index (χ3v) is 0.533. The number of nitrogens with zero attached hydrogens (tertiary/aromatic N) is 1. The first kappa shape index (κ1) is 7.55. The molecule has 50 valence electrons. The van der Waals surface area contributed by atoms with Crippen LogP contribution in [0, 0.1) is 0 Å². The molecule has 0 bridgehead atoms. The van der Waals surface area contributed by atoms with Crippen LogP contribution in [0.2, 0.25) is 0 Å². The van der Waals surface area contributed by atoms with Gasteiger partial charge in [-0.05, 0) is 6.20 Å². The van der Waals surface area contributed by atoms with Crippen LogP contribution in [0.25, 0.3) is 0 Å². The normalized spacial score (nSPS) is 7.56. The van der Waals surface area contributed by atoms with Crippen molar-refractivity contribution in [2.75, 3.05) is 0 Å². The quantitative estimate of drug-likeness (QED) is 0.351. The molecule has 0 rings (SSSR count). The second-order valence-corrected chi connectivity index (χ2v) is 1.33. The molecule has 4 nitrogen and oxygen atoms in total. The van der Waals surface area contributed by atoms with Gasteiger partial charge in [0.2, 0.25) is 0 Å². The number of rotatable bonds is 3. The Kier molecular flexibility index (Phi) is 2.97. The summed E-state index contributed by atoms with van der Waals surface area (Å²) < 4.78 is 0. The molecule has 0 unspecified atom stereocenters. The zero-order chi connectivity index (χ0) is 7.28. The van der Waals surface area contributed by atoms with Gasteiger partial charge in [0.05, 0.1) is 0 Å². The number of nitrogens with two attached hydrogens (primary N) is 2. The molecule has 0 aliphatic carbocycles. The van der Waals surface area contributed by atoms with Crippen molar-refractivity contribution in [3.63, 3.8) is 0 Å². The molecule has 0 aromatic carbocycles. The van der Waals surface area contributed by atoms with Gasteiger partial charge in [-0.15, -0.1) is 0 Å². The lowest BCUT2D eigenvalue weighted by atomic mass is 10.7. The monoisotopic (exact) mass is 126 g/mol. The molecule has 0 saturated carbocycles. The SMILES string of the molecule is C=CNC(=C)N=C(N)N. The van der Waals surface area contributed by atoms with Crippen molar-refractivity contribution in [1.29, 1.82) is 0 Å². The minimum Gasteiger partial charge on any atom is -0.370 e. The van der Waals surface area contributed by atoms with Crippen LogP contribution in [0.1, 0.15) is 0 Å². The largest absolute Gasteiger partial charge is 0.370 e. The smallest absolute Gasteiger partial charge is 0.192 e. The first-order chi connectivity index (χ1) is 4.16. The Morgan fingerprint density at radius 1 is 1.56 bits per heavy atom. The summed E-state index contributed by atoms with van der Waals surface area (Å²) in [6.45, 7) is 6.84. The van der Waals surface area contributed by atoms with E-state index in [0.29, 0.717) is 5.82 Å². The molecule has 5 N–H and O–H groups in total. The van der Waals surface area contributed by atoms with E-state index >= 15 is 0 Å². The Hall–Kier alpha value is -1.45. The van der Waals surface area contributed by atoms with E-state index < -0.39 is 0 Å². The summed E-state index contributed by atoms with van der Waals surface area (Å²) in [6, 6.07) is 0. The second kappa shape index (κ2) is 3.54. The number of aliphatic imine (C=N–C) groups is 1. The average molecular weight is 126 g/mol. The molecule has 0 amide bonds. The molecule has 0 aliphatic rings. The average Bonchev–Trinajstić information content (AvgIpc) is 1.63. The molecule has 0 heterocycles. The highest BCUT2D eigenvalue weighted by Gasteiger charge is 1.82. The van der Waals surface area contributed by atoms with E-state index in [1.807, 2.05) is 0 Å². The number of nitrogens with one attached hydrogen (secondary N) is 1. The van der Waals surface area contributed by atoms with Crippen LogP contribution in [-0.2, 0) is 0 Å². The predicted molar refractivity (Wildman–Crippen MR) is 38.3 cm³/mol. The van der Waals surface area contributed by atoms with E-state index in [-0.39, 0.29) is 5.96 Å². The first-order valence-electron chi connectivity index (χ1n) is 2.33. The Balaban J connectivity index is 3.76. The second-order valence-electron chi connectivity index (χ2n) is 1.33. The van der Waals surface area contributed by atoms with Gasteiger partial charge in [-0.1, -0.05) is 13.2 Å². The van der Waals surface area contributed by atoms with Crippen molar-refractivity contribution in [2.45, 2.75) is 0 Å². The Bertz CT molecular complexity index is 143. The van der Waals surface area contributed by atoms with Crippen molar-refractivity contribution >= 4 is 5.96 Å². The van der Waals surface area contributed by atoms with E-state index in [4.69, 9.17) is 11.5 Å². The van der Waals surface area contributed by atoms with Crippen molar-refractivity contribution in [3.8, 4) is 0 Å². The molecule has 4 heteroatoms. The molecule has 0 radical (unpaired) electrons. The third-order valence-electron chi connectivity index (χ3n) is 0.533. The van der Waals surface area contributed by atoms with Gasteiger partial charge in [-0.3, -0.25) is 0 Å². The molecule has 0 spiro atoms. The minimum absolute atomic E-state index is 0.0191. The highest BCUT2D eigenvalue weighted by Crippen LogP contribution is 1.81. The maximum absolute atomic E-state index is 5.02. The fraction of sp³-hybridized carbons (Fsp3) is 0. The third kappa shape index (κ3) is 4.40. The van der Waals surface area contributed by atoms with E-state index in [2.05, 4.69) is 23.5 Å². The van der Waals surface area contributed by atoms with Gasteiger partial charge in [0, 0.05) is 0 Å². The van der Waals surface area contributed by atoms with Gasteiger partial charge >= 0.3 is 0 Å².